The number of carbonyl (C=O) groups excluding carboxylic acids is 2. The molecule has 0 aliphatic carbocycles. The number of rotatable bonds is 3. The molecule has 1 saturated heterocycles. The fraction of sp³-hybridized carbons (Fsp3) is 0.391. The molecule has 1 N–H and O–H groups in total. The summed E-state index contributed by atoms with van der Waals surface area (Å²) in [4.78, 5) is 29.4. The third-order valence-corrected chi connectivity index (χ3v) is 5.77. The van der Waals surface area contributed by atoms with Gasteiger partial charge in [0.2, 0.25) is 5.91 Å². The van der Waals surface area contributed by atoms with Gasteiger partial charge >= 0.3 is 6.03 Å². The van der Waals surface area contributed by atoms with E-state index in [1.54, 1.807) is 17.0 Å². The third kappa shape index (κ3) is 4.25. The highest BCUT2D eigenvalue weighted by Gasteiger charge is 2.34. The Labute approximate surface area is 175 Å². The van der Waals surface area contributed by atoms with E-state index in [-0.39, 0.29) is 29.8 Å². The number of fused-ring (bicyclic) bond motifs is 1. The zero-order valence-corrected chi connectivity index (χ0v) is 17.0. The molecule has 0 radical (unpaired) electrons. The number of benzene rings is 2. The van der Waals surface area contributed by atoms with Gasteiger partial charge in [-0.3, -0.25) is 9.69 Å². The van der Waals surface area contributed by atoms with Crippen molar-refractivity contribution >= 4 is 23.3 Å². The molecule has 0 saturated carbocycles. The number of ether oxygens (including phenoxy) is 1. The Morgan fingerprint density at radius 3 is 2.50 bits per heavy atom. The summed E-state index contributed by atoms with van der Waals surface area (Å²) in [5, 5.41) is 2.84. The van der Waals surface area contributed by atoms with Crippen molar-refractivity contribution in [2.45, 2.75) is 32.3 Å². The van der Waals surface area contributed by atoms with Gasteiger partial charge in [-0.15, -0.1) is 0 Å². The number of likely N-dealkylation sites (tertiary alicyclic amines) is 1. The molecule has 3 amide bonds. The van der Waals surface area contributed by atoms with Crippen LogP contribution in [-0.4, -0.2) is 42.6 Å². The predicted octanol–water partition coefficient (Wildman–Crippen LogP) is 4.27. The summed E-state index contributed by atoms with van der Waals surface area (Å²) >= 11 is 0. The number of urea groups is 1. The van der Waals surface area contributed by atoms with E-state index < -0.39 is 0 Å². The maximum absolute atomic E-state index is 13.2. The molecule has 1 atom stereocenters. The quantitative estimate of drug-likeness (QED) is 0.820. The van der Waals surface area contributed by atoms with Crippen molar-refractivity contribution in [1.82, 2.24) is 4.90 Å². The molecule has 0 spiro atoms. The van der Waals surface area contributed by atoms with Crippen molar-refractivity contribution in [3.05, 3.63) is 54.3 Å². The van der Waals surface area contributed by atoms with E-state index in [2.05, 4.69) is 5.32 Å². The van der Waals surface area contributed by atoms with Crippen molar-refractivity contribution in [3.8, 4) is 5.75 Å². The first kappa shape index (κ1) is 20.2. The van der Waals surface area contributed by atoms with Crippen LogP contribution in [0.5, 0.6) is 5.75 Å². The van der Waals surface area contributed by atoms with Gasteiger partial charge in [-0.1, -0.05) is 19.1 Å². The zero-order chi connectivity index (χ0) is 21.1. The van der Waals surface area contributed by atoms with Crippen molar-refractivity contribution < 1.29 is 18.7 Å². The molecule has 2 aromatic rings. The maximum atomic E-state index is 13.2. The molecule has 2 aliphatic rings. The van der Waals surface area contributed by atoms with Crippen LogP contribution in [0.1, 0.15) is 26.2 Å². The average Bonchev–Trinajstić information content (AvgIpc) is 2.79. The largest absolute Gasteiger partial charge is 0.486 e. The molecule has 2 aromatic carbocycles. The number of carbonyl (C=O) groups is 2. The van der Waals surface area contributed by atoms with Crippen LogP contribution in [0.25, 0.3) is 0 Å². The molecule has 2 aliphatic heterocycles. The summed E-state index contributed by atoms with van der Waals surface area (Å²) < 4.78 is 19.0. The van der Waals surface area contributed by atoms with Crippen LogP contribution in [0.2, 0.25) is 0 Å². The van der Waals surface area contributed by atoms with E-state index in [4.69, 9.17) is 4.74 Å². The lowest BCUT2D eigenvalue weighted by molar-refractivity contribution is -0.121. The molecule has 1 unspecified atom stereocenters. The summed E-state index contributed by atoms with van der Waals surface area (Å²) in [6, 6.07) is 13.3. The summed E-state index contributed by atoms with van der Waals surface area (Å²) in [5.74, 6) is 0.142. The average molecular weight is 411 g/mol. The number of amides is 3. The number of nitrogens with one attached hydrogen (secondary N) is 1. The Balaban J connectivity index is 1.37. The third-order valence-electron chi connectivity index (χ3n) is 5.77. The van der Waals surface area contributed by atoms with Gasteiger partial charge < -0.3 is 15.0 Å². The number of hydrogen-bond donors (Lipinski definition) is 1. The minimum absolute atomic E-state index is 0.0251. The molecule has 0 bridgehead atoms. The van der Waals surface area contributed by atoms with Gasteiger partial charge in [-0.2, -0.15) is 0 Å². The number of piperidine rings is 1. The first-order valence-electron chi connectivity index (χ1n) is 10.4. The highest BCUT2D eigenvalue weighted by atomic mass is 19.1. The normalized spacial score (nSPS) is 19.1. The van der Waals surface area contributed by atoms with Gasteiger partial charge in [0.05, 0.1) is 12.2 Å². The maximum Gasteiger partial charge on any atom is 0.324 e. The smallest absolute Gasteiger partial charge is 0.324 e. The molecule has 2 heterocycles. The molecule has 30 heavy (non-hydrogen) atoms. The Morgan fingerprint density at radius 2 is 1.80 bits per heavy atom. The van der Waals surface area contributed by atoms with Crippen LogP contribution in [0.4, 0.5) is 20.6 Å². The molecule has 6 nitrogen and oxygen atoms in total. The lowest BCUT2D eigenvalue weighted by atomic mass is 9.96. The summed E-state index contributed by atoms with van der Waals surface area (Å²) in [5.41, 5.74) is 1.37. The second-order valence-electron chi connectivity index (χ2n) is 7.77. The number of nitrogens with zero attached hydrogens (tertiary/aromatic N) is 2. The van der Waals surface area contributed by atoms with Gasteiger partial charge in [0.15, 0.2) is 0 Å². The van der Waals surface area contributed by atoms with E-state index >= 15 is 0 Å². The Kier molecular flexibility index (Phi) is 5.88. The minimum atomic E-state index is -0.338. The number of para-hydroxylation sites is 2. The number of anilines is 2. The predicted molar refractivity (Wildman–Crippen MR) is 113 cm³/mol. The van der Waals surface area contributed by atoms with Gasteiger partial charge in [0.25, 0.3) is 0 Å². The highest BCUT2D eigenvalue weighted by Crippen LogP contribution is 2.35. The highest BCUT2D eigenvalue weighted by molar-refractivity contribution is 5.95. The van der Waals surface area contributed by atoms with E-state index in [9.17, 15) is 14.0 Å². The van der Waals surface area contributed by atoms with Crippen LogP contribution in [0, 0.1) is 11.7 Å². The molecule has 4 rings (SSSR count). The van der Waals surface area contributed by atoms with Crippen LogP contribution >= 0.6 is 0 Å². The Bertz CT molecular complexity index is 910. The lowest BCUT2D eigenvalue weighted by Crippen LogP contribution is -2.52. The van der Waals surface area contributed by atoms with Crippen molar-refractivity contribution in [2.24, 2.45) is 5.92 Å². The Morgan fingerprint density at radius 1 is 1.10 bits per heavy atom. The lowest BCUT2D eigenvalue weighted by Gasteiger charge is -2.39. The van der Waals surface area contributed by atoms with E-state index in [1.807, 2.05) is 36.1 Å². The van der Waals surface area contributed by atoms with Gasteiger partial charge in [-0.05, 0) is 55.7 Å². The van der Waals surface area contributed by atoms with Crippen LogP contribution in [-0.2, 0) is 4.79 Å². The molecule has 1 fully saturated rings. The fourth-order valence-corrected chi connectivity index (χ4v) is 3.97. The SMILES string of the molecule is CCC1CN(C(=O)N2CCC(C(=O)Nc3ccc(F)cc3)CC2)c2ccccc2O1. The standard InChI is InChI=1S/C23H26FN3O3/c1-2-19-15-27(20-5-3-4-6-21(20)30-19)23(29)26-13-11-16(12-14-26)22(28)25-18-9-7-17(24)8-10-18/h3-10,16,19H,2,11-15H2,1H3,(H,25,28). The van der Waals surface area contributed by atoms with Crippen molar-refractivity contribution in [3.63, 3.8) is 0 Å². The van der Waals surface area contributed by atoms with E-state index in [1.165, 1.54) is 12.1 Å². The van der Waals surface area contributed by atoms with Gasteiger partial charge in [0.1, 0.15) is 17.7 Å². The topological polar surface area (TPSA) is 61.9 Å². The Hall–Kier alpha value is -3.09. The second-order valence-corrected chi connectivity index (χ2v) is 7.77. The number of hydrogen-bond acceptors (Lipinski definition) is 3. The van der Waals surface area contributed by atoms with Crippen LogP contribution < -0.4 is 15.0 Å². The van der Waals surface area contributed by atoms with Crippen LogP contribution in [0.3, 0.4) is 0 Å². The van der Waals surface area contributed by atoms with Crippen molar-refractivity contribution in [2.75, 3.05) is 29.9 Å². The van der Waals surface area contributed by atoms with E-state index in [0.29, 0.717) is 38.2 Å². The molecule has 158 valence electrons. The minimum Gasteiger partial charge on any atom is -0.486 e. The molecular formula is C23H26FN3O3. The monoisotopic (exact) mass is 411 g/mol. The molecular weight excluding hydrogens is 385 g/mol. The van der Waals surface area contributed by atoms with Crippen molar-refractivity contribution in [1.29, 1.82) is 0 Å². The second kappa shape index (κ2) is 8.73. The van der Waals surface area contributed by atoms with Gasteiger partial charge in [-0.25, -0.2) is 9.18 Å². The zero-order valence-electron chi connectivity index (χ0n) is 17.0. The van der Waals surface area contributed by atoms with Crippen LogP contribution in [0.15, 0.2) is 48.5 Å². The number of halogens is 1. The first-order chi connectivity index (χ1) is 14.5. The summed E-state index contributed by atoms with van der Waals surface area (Å²) in [6.45, 7) is 3.62. The first-order valence-corrected chi connectivity index (χ1v) is 10.4. The van der Waals surface area contributed by atoms with E-state index in [0.717, 1.165) is 17.9 Å². The molecule has 7 heteroatoms. The van der Waals surface area contributed by atoms with Gasteiger partial charge in [0, 0.05) is 24.7 Å². The summed E-state index contributed by atoms with van der Waals surface area (Å²) in [6.07, 6.45) is 2.00. The molecule has 0 aromatic heterocycles. The fourth-order valence-electron chi connectivity index (χ4n) is 3.97. The summed E-state index contributed by atoms with van der Waals surface area (Å²) in [7, 11) is 0.